The number of ether oxygens (including phenoxy) is 1. The summed E-state index contributed by atoms with van der Waals surface area (Å²) in [5.74, 6) is -0.522. The Morgan fingerprint density at radius 2 is 2.00 bits per heavy atom. The largest absolute Gasteiger partial charge is 0.461 e. The molecule has 0 saturated carbocycles. The average molecular weight is 242 g/mol. The van der Waals surface area contributed by atoms with E-state index in [0.29, 0.717) is 10.6 Å². The summed E-state index contributed by atoms with van der Waals surface area (Å²) in [6.07, 6.45) is 0. The van der Waals surface area contributed by atoms with Gasteiger partial charge in [0.15, 0.2) is 5.71 Å². The summed E-state index contributed by atoms with van der Waals surface area (Å²) in [7, 11) is 1.37. The van der Waals surface area contributed by atoms with Gasteiger partial charge in [-0.05, 0) is 19.1 Å². The molecule has 0 saturated heterocycles. The number of esters is 1. The summed E-state index contributed by atoms with van der Waals surface area (Å²) < 4.78 is 4.86. The lowest BCUT2D eigenvalue weighted by Crippen LogP contribution is -2.19. The minimum atomic E-state index is -0.522. The van der Waals surface area contributed by atoms with Crippen LogP contribution in [0.25, 0.3) is 0 Å². The van der Waals surface area contributed by atoms with Crippen LogP contribution in [0.5, 0.6) is 0 Å². The second-order valence-corrected chi connectivity index (χ2v) is 3.29. The van der Waals surface area contributed by atoms with Gasteiger partial charge in [0.05, 0.1) is 6.61 Å². The molecule has 0 aromatic heterocycles. The van der Waals surface area contributed by atoms with Gasteiger partial charge in [-0.15, -0.1) is 0 Å². The topological polar surface area (TPSA) is 47.9 Å². The Morgan fingerprint density at radius 3 is 2.50 bits per heavy atom. The maximum Gasteiger partial charge on any atom is 0.361 e. The first-order valence-electron chi connectivity index (χ1n) is 4.73. The number of rotatable bonds is 4. The van der Waals surface area contributed by atoms with Crippen molar-refractivity contribution in [2.75, 3.05) is 13.7 Å². The lowest BCUT2D eigenvalue weighted by atomic mass is 10.1. The van der Waals surface area contributed by atoms with E-state index in [1.54, 1.807) is 31.2 Å². The first-order chi connectivity index (χ1) is 7.69. The molecule has 0 N–H and O–H groups in total. The van der Waals surface area contributed by atoms with Crippen molar-refractivity contribution in [3.8, 4) is 0 Å². The third-order valence-corrected chi connectivity index (χ3v) is 2.02. The molecule has 0 spiro atoms. The van der Waals surface area contributed by atoms with Crippen LogP contribution in [-0.2, 0) is 14.4 Å². The van der Waals surface area contributed by atoms with Crippen LogP contribution in [0.1, 0.15) is 12.5 Å². The van der Waals surface area contributed by atoms with E-state index >= 15 is 0 Å². The Hall–Kier alpha value is -1.55. The Morgan fingerprint density at radius 1 is 1.38 bits per heavy atom. The van der Waals surface area contributed by atoms with Gasteiger partial charge in [0, 0.05) is 10.6 Å². The summed E-state index contributed by atoms with van der Waals surface area (Å²) in [6.45, 7) is 2.01. The number of oxime groups is 1. The number of halogens is 1. The van der Waals surface area contributed by atoms with Crippen molar-refractivity contribution in [3.63, 3.8) is 0 Å². The van der Waals surface area contributed by atoms with Crippen LogP contribution in [-0.4, -0.2) is 25.4 Å². The Balaban J connectivity index is 2.99. The van der Waals surface area contributed by atoms with Gasteiger partial charge < -0.3 is 9.57 Å². The molecule has 0 aliphatic heterocycles. The van der Waals surface area contributed by atoms with Gasteiger partial charge in [0.2, 0.25) is 0 Å². The average Bonchev–Trinajstić information content (AvgIpc) is 2.28. The van der Waals surface area contributed by atoms with Gasteiger partial charge in [-0.1, -0.05) is 28.9 Å². The second kappa shape index (κ2) is 6.12. The van der Waals surface area contributed by atoms with E-state index in [4.69, 9.17) is 16.3 Å². The molecule has 0 aliphatic rings. The molecule has 0 atom stereocenters. The molecule has 0 amide bonds. The molecule has 0 unspecified atom stereocenters. The Bertz CT molecular complexity index is 387. The van der Waals surface area contributed by atoms with E-state index in [1.807, 2.05) is 0 Å². The molecule has 1 rings (SSSR count). The molecule has 16 heavy (non-hydrogen) atoms. The van der Waals surface area contributed by atoms with Crippen LogP contribution < -0.4 is 0 Å². The molecule has 0 fully saturated rings. The predicted molar refractivity (Wildman–Crippen MR) is 61.6 cm³/mol. The van der Waals surface area contributed by atoms with Gasteiger partial charge >= 0.3 is 5.97 Å². The van der Waals surface area contributed by atoms with Gasteiger partial charge in [-0.3, -0.25) is 0 Å². The van der Waals surface area contributed by atoms with Gasteiger partial charge in [-0.25, -0.2) is 4.79 Å². The fourth-order valence-electron chi connectivity index (χ4n) is 1.11. The third kappa shape index (κ3) is 3.24. The molecule has 0 aliphatic carbocycles. The number of carbonyl (C=O) groups is 1. The monoisotopic (exact) mass is 241 g/mol. The number of hydrogen-bond acceptors (Lipinski definition) is 4. The molecule has 1 aromatic rings. The maximum absolute atomic E-state index is 11.6. The van der Waals surface area contributed by atoms with E-state index in [0.717, 1.165) is 0 Å². The van der Waals surface area contributed by atoms with Crippen LogP contribution >= 0.6 is 11.6 Å². The van der Waals surface area contributed by atoms with E-state index in [2.05, 4.69) is 9.99 Å². The molecule has 86 valence electrons. The molecular formula is C11H12ClNO3. The van der Waals surface area contributed by atoms with Crippen molar-refractivity contribution < 1.29 is 14.4 Å². The SMILES string of the molecule is CCOC(=O)C(=NOC)c1ccc(Cl)cc1. The van der Waals surface area contributed by atoms with Crippen molar-refractivity contribution >= 4 is 23.3 Å². The van der Waals surface area contributed by atoms with Crippen LogP contribution in [0.15, 0.2) is 29.4 Å². The van der Waals surface area contributed by atoms with Crippen LogP contribution in [0.4, 0.5) is 0 Å². The first kappa shape index (κ1) is 12.5. The van der Waals surface area contributed by atoms with Crippen molar-refractivity contribution in [2.24, 2.45) is 5.16 Å². The maximum atomic E-state index is 11.6. The number of nitrogens with zero attached hydrogens (tertiary/aromatic N) is 1. The highest BCUT2D eigenvalue weighted by Gasteiger charge is 2.15. The van der Waals surface area contributed by atoms with Crippen LogP contribution in [0, 0.1) is 0 Å². The zero-order valence-corrected chi connectivity index (χ0v) is 9.82. The first-order valence-corrected chi connectivity index (χ1v) is 5.11. The summed E-state index contributed by atoms with van der Waals surface area (Å²) in [4.78, 5) is 16.2. The van der Waals surface area contributed by atoms with Crippen molar-refractivity contribution in [1.29, 1.82) is 0 Å². The Kier molecular flexibility index (Phi) is 4.79. The standard InChI is InChI=1S/C11H12ClNO3/c1-3-16-11(14)10(13-15-2)8-4-6-9(12)7-5-8/h4-7H,3H2,1-2H3. The van der Waals surface area contributed by atoms with E-state index < -0.39 is 5.97 Å². The fraction of sp³-hybridized carbons (Fsp3) is 0.273. The molecular weight excluding hydrogens is 230 g/mol. The van der Waals surface area contributed by atoms with E-state index in [1.165, 1.54) is 7.11 Å². The fourth-order valence-corrected chi connectivity index (χ4v) is 1.23. The predicted octanol–water partition coefficient (Wildman–Crippen LogP) is 2.25. The number of benzene rings is 1. The summed E-state index contributed by atoms with van der Waals surface area (Å²) in [5, 5.41) is 4.23. The minimum absolute atomic E-state index is 0.126. The molecule has 5 heteroatoms. The highest BCUT2D eigenvalue weighted by atomic mass is 35.5. The lowest BCUT2D eigenvalue weighted by molar-refractivity contribution is -0.135. The quantitative estimate of drug-likeness (QED) is 0.462. The summed E-state index contributed by atoms with van der Waals surface area (Å²) in [5.41, 5.74) is 0.728. The normalized spacial score (nSPS) is 11.1. The summed E-state index contributed by atoms with van der Waals surface area (Å²) in [6, 6.07) is 6.69. The van der Waals surface area contributed by atoms with Crippen molar-refractivity contribution in [2.45, 2.75) is 6.92 Å². The van der Waals surface area contributed by atoms with Gasteiger partial charge in [0.25, 0.3) is 0 Å². The number of hydrogen-bond donors (Lipinski definition) is 0. The third-order valence-electron chi connectivity index (χ3n) is 1.77. The van der Waals surface area contributed by atoms with E-state index in [-0.39, 0.29) is 12.3 Å². The molecule has 0 bridgehead atoms. The smallest absolute Gasteiger partial charge is 0.361 e. The van der Waals surface area contributed by atoms with Crippen LogP contribution in [0.3, 0.4) is 0 Å². The van der Waals surface area contributed by atoms with Crippen molar-refractivity contribution in [1.82, 2.24) is 0 Å². The summed E-state index contributed by atoms with van der Waals surface area (Å²) >= 11 is 5.75. The van der Waals surface area contributed by atoms with Gasteiger partial charge in [-0.2, -0.15) is 0 Å². The molecule has 0 radical (unpaired) electrons. The molecule has 0 heterocycles. The highest BCUT2D eigenvalue weighted by Crippen LogP contribution is 2.11. The van der Waals surface area contributed by atoms with E-state index in [9.17, 15) is 4.79 Å². The molecule has 1 aromatic carbocycles. The lowest BCUT2D eigenvalue weighted by Gasteiger charge is -2.05. The van der Waals surface area contributed by atoms with Crippen LogP contribution in [0.2, 0.25) is 5.02 Å². The zero-order chi connectivity index (χ0) is 12.0. The Labute approximate surface area is 98.8 Å². The highest BCUT2D eigenvalue weighted by molar-refractivity contribution is 6.43. The number of carbonyl (C=O) groups excluding carboxylic acids is 1. The van der Waals surface area contributed by atoms with Gasteiger partial charge in [0.1, 0.15) is 7.11 Å². The van der Waals surface area contributed by atoms with Crippen molar-refractivity contribution in [3.05, 3.63) is 34.9 Å². The molecule has 4 nitrogen and oxygen atoms in total. The zero-order valence-electron chi connectivity index (χ0n) is 9.07. The second-order valence-electron chi connectivity index (χ2n) is 2.85. The minimum Gasteiger partial charge on any atom is -0.461 e.